The summed E-state index contributed by atoms with van der Waals surface area (Å²) in [5.41, 5.74) is 1.81. The van der Waals surface area contributed by atoms with E-state index < -0.39 is 5.69 Å². The SMILES string of the molecule is C[C@H](Nc1nc(=NC2CC2)n2nc/c(=C\c3[nH]c(=O)[nH]c3O)c2n1)c1ccc(Br)cc1. The smallest absolute Gasteiger partial charge is 0.326 e. The first-order chi connectivity index (χ1) is 15.0. The highest BCUT2D eigenvalue weighted by atomic mass is 79.9. The lowest BCUT2D eigenvalue weighted by atomic mass is 10.1. The maximum atomic E-state index is 11.5. The largest absolute Gasteiger partial charge is 0.493 e. The van der Waals surface area contributed by atoms with E-state index in [1.807, 2.05) is 31.2 Å². The fourth-order valence-electron chi connectivity index (χ4n) is 3.17. The summed E-state index contributed by atoms with van der Waals surface area (Å²) >= 11 is 3.45. The number of nitrogens with one attached hydrogen (secondary N) is 3. The highest BCUT2D eigenvalue weighted by Crippen LogP contribution is 2.22. The molecule has 4 N–H and O–H groups in total. The zero-order chi connectivity index (χ0) is 21.5. The predicted molar refractivity (Wildman–Crippen MR) is 117 cm³/mol. The molecule has 31 heavy (non-hydrogen) atoms. The quantitative estimate of drug-likeness (QED) is 0.339. The molecular formula is C20H19BrN8O2. The molecule has 0 amide bonds. The van der Waals surface area contributed by atoms with Crippen molar-refractivity contribution in [2.75, 3.05) is 5.32 Å². The van der Waals surface area contributed by atoms with Crippen molar-refractivity contribution in [1.82, 2.24) is 29.5 Å². The highest BCUT2D eigenvalue weighted by molar-refractivity contribution is 9.10. The number of aromatic nitrogens is 6. The second-order valence-electron chi connectivity index (χ2n) is 7.45. The maximum Gasteiger partial charge on any atom is 0.326 e. The van der Waals surface area contributed by atoms with Crippen LogP contribution in [-0.2, 0) is 0 Å². The van der Waals surface area contributed by atoms with Gasteiger partial charge in [-0.2, -0.15) is 19.6 Å². The van der Waals surface area contributed by atoms with Crippen LogP contribution < -0.4 is 21.8 Å². The number of aromatic amines is 2. The number of anilines is 1. The third-order valence-corrected chi connectivity index (χ3v) is 5.50. The van der Waals surface area contributed by atoms with Crippen LogP contribution in [0.15, 0.2) is 44.7 Å². The molecule has 1 aliphatic rings. The van der Waals surface area contributed by atoms with Gasteiger partial charge in [-0.05, 0) is 43.5 Å². The Morgan fingerprint density at radius 3 is 2.74 bits per heavy atom. The molecule has 5 rings (SSSR count). The van der Waals surface area contributed by atoms with Crippen molar-refractivity contribution in [3.63, 3.8) is 0 Å². The van der Waals surface area contributed by atoms with Gasteiger partial charge in [-0.3, -0.25) is 4.98 Å². The first-order valence-corrected chi connectivity index (χ1v) is 10.6. The number of fused-ring (bicyclic) bond motifs is 1. The molecular weight excluding hydrogens is 464 g/mol. The van der Waals surface area contributed by atoms with Crippen LogP contribution in [0.4, 0.5) is 5.95 Å². The minimum atomic E-state index is -0.495. The predicted octanol–water partition coefficient (Wildman–Crippen LogP) is 1.39. The molecule has 1 atom stereocenters. The molecule has 0 bridgehead atoms. The lowest BCUT2D eigenvalue weighted by molar-refractivity contribution is 0.454. The van der Waals surface area contributed by atoms with Crippen LogP contribution >= 0.6 is 15.9 Å². The first kappa shape index (κ1) is 19.5. The summed E-state index contributed by atoms with van der Waals surface area (Å²) < 4.78 is 2.58. The molecule has 3 heterocycles. The number of halogens is 1. The zero-order valence-corrected chi connectivity index (χ0v) is 18.1. The fraction of sp³-hybridized carbons (Fsp3) is 0.250. The summed E-state index contributed by atoms with van der Waals surface area (Å²) in [6.07, 6.45) is 5.26. The summed E-state index contributed by atoms with van der Waals surface area (Å²) in [7, 11) is 0. The first-order valence-electron chi connectivity index (χ1n) is 9.81. The molecule has 1 saturated carbocycles. The van der Waals surface area contributed by atoms with E-state index in [4.69, 9.17) is 0 Å². The van der Waals surface area contributed by atoms with Gasteiger partial charge in [-0.15, -0.1) is 0 Å². The van der Waals surface area contributed by atoms with Crippen LogP contribution in [0.2, 0.25) is 0 Å². The van der Waals surface area contributed by atoms with E-state index in [2.05, 4.69) is 51.3 Å². The number of hydrogen-bond donors (Lipinski definition) is 4. The summed E-state index contributed by atoms with van der Waals surface area (Å²) in [4.78, 5) is 30.2. The highest BCUT2D eigenvalue weighted by Gasteiger charge is 2.21. The number of imidazole rings is 1. The summed E-state index contributed by atoms with van der Waals surface area (Å²) in [6, 6.07) is 8.23. The molecule has 1 aliphatic carbocycles. The Labute approximate surface area is 183 Å². The average Bonchev–Trinajstić information content (AvgIpc) is 3.37. The van der Waals surface area contributed by atoms with Crippen molar-refractivity contribution in [2.24, 2.45) is 4.99 Å². The van der Waals surface area contributed by atoms with Gasteiger partial charge in [-0.25, -0.2) is 9.79 Å². The molecule has 4 aromatic rings. The number of aromatic hydroxyl groups is 1. The van der Waals surface area contributed by atoms with Crippen molar-refractivity contribution >= 4 is 33.6 Å². The number of H-pyrrole nitrogens is 2. The lowest BCUT2D eigenvalue weighted by Gasteiger charge is -2.14. The molecule has 0 unspecified atom stereocenters. The van der Waals surface area contributed by atoms with E-state index >= 15 is 0 Å². The van der Waals surface area contributed by atoms with E-state index in [1.54, 1.807) is 16.8 Å². The molecule has 1 fully saturated rings. The molecule has 3 aromatic heterocycles. The standard InChI is InChI=1S/C20H19BrN8O2/c1-10(11-2-4-13(21)5-3-11)23-18-26-16-12(8-15-17(30)27-20(31)25-15)9-22-29(16)19(28-18)24-14-6-7-14/h2-5,8-10,14,30H,6-7H2,1H3,(H,23,24,28)(H2,25,27,31)/b12-8+/t10-/m0/s1. The van der Waals surface area contributed by atoms with Crippen LogP contribution in [0.25, 0.3) is 11.7 Å². The van der Waals surface area contributed by atoms with Gasteiger partial charge in [0, 0.05) is 9.69 Å². The van der Waals surface area contributed by atoms with Crippen molar-refractivity contribution in [3.05, 3.63) is 67.5 Å². The minimum Gasteiger partial charge on any atom is -0.493 e. The van der Waals surface area contributed by atoms with Crippen LogP contribution in [0.3, 0.4) is 0 Å². The van der Waals surface area contributed by atoms with Crippen LogP contribution in [-0.4, -0.2) is 40.7 Å². The van der Waals surface area contributed by atoms with E-state index in [0.29, 0.717) is 22.4 Å². The van der Waals surface area contributed by atoms with Gasteiger partial charge in [0.15, 0.2) is 5.65 Å². The normalized spacial score (nSPS) is 16.2. The molecule has 10 nitrogen and oxygen atoms in total. The molecule has 11 heteroatoms. The van der Waals surface area contributed by atoms with Crippen molar-refractivity contribution in [2.45, 2.75) is 31.8 Å². The maximum absolute atomic E-state index is 11.5. The monoisotopic (exact) mass is 482 g/mol. The van der Waals surface area contributed by atoms with Gasteiger partial charge in [0.05, 0.1) is 18.3 Å². The molecule has 0 aliphatic heterocycles. The third kappa shape index (κ3) is 4.08. The van der Waals surface area contributed by atoms with Gasteiger partial charge < -0.3 is 15.4 Å². The minimum absolute atomic E-state index is 0.0373. The molecule has 1 aromatic carbocycles. The van der Waals surface area contributed by atoms with Gasteiger partial charge in [0.2, 0.25) is 11.8 Å². The van der Waals surface area contributed by atoms with E-state index in [1.165, 1.54) is 0 Å². The second kappa shape index (κ2) is 7.65. The van der Waals surface area contributed by atoms with E-state index in [0.717, 1.165) is 22.9 Å². The molecule has 158 valence electrons. The Morgan fingerprint density at radius 1 is 1.29 bits per heavy atom. The van der Waals surface area contributed by atoms with Crippen molar-refractivity contribution in [1.29, 1.82) is 0 Å². The van der Waals surface area contributed by atoms with Crippen LogP contribution in [0.1, 0.15) is 37.1 Å². The van der Waals surface area contributed by atoms with Gasteiger partial charge >= 0.3 is 5.69 Å². The Balaban J connectivity index is 1.61. The van der Waals surface area contributed by atoms with Crippen LogP contribution in [0.5, 0.6) is 5.88 Å². The van der Waals surface area contributed by atoms with Crippen LogP contribution in [0, 0.1) is 0 Å². The number of nitrogens with zero attached hydrogens (tertiary/aromatic N) is 5. The topological polar surface area (TPSA) is 136 Å². The molecule has 0 radical (unpaired) electrons. The Kier molecular flexibility index (Phi) is 4.81. The van der Waals surface area contributed by atoms with E-state index in [-0.39, 0.29) is 23.7 Å². The van der Waals surface area contributed by atoms with Crippen molar-refractivity contribution in [3.8, 4) is 5.88 Å². The molecule has 0 saturated heterocycles. The average molecular weight is 483 g/mol. The Morgan fingerprint density at radius 2 is 2.06 bits per heavy atom. The van der Waals surface area contributed by atoms with Gasteiger partial charge in [0.1, 0.15) is 5.69 Å². The third-order valence-electron chi connectivity index (χ3n) is 4.97. The van der Waals surface area contributed by atoms with E-state index in [9.17, 15) is 9.90 Å². The van der Waals surface area contributed by atoms with Gasteiger partial charge in [-0.1, -0.05) is 28.1 Å². The number of benzene rings is 1. The van der Waals surface area contributed by atoms with Crippen molar-refractivity contribution < 1.29 is 5.11 Å². The lowest BCUT2D eigenvalue weighted by Crippen LogP contribution is -2.25. The molecule has 0 spiro atoms. The summed E-state index contributed by atoms with van der Waals surface area (Å²) in [5.74, 6) is 0.174. The second-order valence-corrected chi connectivity index (χ2v) is 8.36. The summed E-state index contributed by atoms with van der Waals surface area (Å²) in [5, 5.41) is 18.2. The Hall–Kier alpha value is -3.47. The Bertz CT molecular complexity index is 1430. The van der Waals surface area contributed by atoms with Gasteiger partial charge in [0.25, 0.3) is 5.62 Å². The summed E-state index contributed by atoms with van der Waals surface area (Å²) in [6.45, 7) is 2.03. The number of rotatable bonds is 5. The number of hydrogen-bond acceptors (Lipinski definition) is 7. The fourth-order valence-corrected chi connectivity index (χ4v) is 3.44. The zero-order valence-electron chi connectivity index (χ0n) is 16.5.